The summed E-state index contributed by atoms with van der Waals surface area (Å²) in [6.45, 7) is 2.43. The Bertz CT molecular complexity index is 1410. The van der Waals surface area contributed by atoms with Crippen LogP contribution in [0.25, 0.3) is 0 Å². The highest BCUT2D eigenvalue weighted by atomic mass is 16.7. The van der Waals surface area contributed by atoms with Gasteiger partial charge in [-0.1, -0.05) is 78.4 Å². The van der Waals surface area contributed by atoms with Crippen LogP contribution >= 0.6 is 0 Å². The number of fused-ring (bicyclic) bond motifs is 1. The van der Waals surface area contributed by atoms with Gasteiger partial charge in [0, 0.05) is 0 Å². The molecule has 6 rings (SSSR count). The van der Waals surface area contributed by atoms with E-state index in [9.17, 15) is 9.59 Å². The lowest BCUT2D eigenvalue weighted by molar-refractivity contribution is -0.126. The minimum absolute atomic E-state index is 0.258. The van der Waals surface area contributed by atoms with Crippen molar-refractivity contribution in [1.29, 1.82) is 0 Å². The van der Waals surface area contributed by atoms with E-state index in [1.807, 2.05) is 104 Å². The summed E-state index contributed by atoms with van der Waals surface area (Å²) >= 11 is 0. The van der Waals surface area contributed by atoms with Gasteiger partial charge in [0.2, 0.25) is 5.91 Å². The lowest BCUT2D eigenvalue weighted by Gasteiger charge is -2.29. The van der Waals surface area contributed by atoms with E-state index in [1.54, 1.807) is 17.2 Å². The van der Waals surface area contributed by atoms with Gasteiger partial charge in [0.1, 0.15) is 18.3 Å². The molecule has 2 aliphatic heterocycles. The smallest absolute Gasteiger partial charge is 0.266 e. The number of imide groups is 1. The Balaban J connectivity index is 1.31. The van der Waals surface area contributed by atoms with Crippen LogP contribution in [0.4, 0.5) is 11.4 Å². The number of benzene rings is 4. The third-order valence-corrected chi connectivity index (χ3v) is 6.89. The summed E-state index contributed by atoms with van der Waals surface area (Å²) in [5.74, 6) is -0.550. The van der Waals surface area contributed by atoms with E-state index < -0.39 is 18.1 Å². The second-order valence-corrected chi connectivity index (χ2v) is 9.35. The number of aryl methyl sites for hydroxylation is 1. The average molecular weight is 491 g/mol. The quantitative estimate of drug-likeness (QED) is 0.328. The largest absolute Gasteiger partial charge is 0.489 e. The molecule has 2 heterocycles. The first kappa shape index (κ1) is 23.0. The normalized spacial score (nSPS) is 20.8. The SMILES string of the molecule is Cc1ccc(N2C(=O)[C@H]3[C@@H](c4ccc(OCc5ccccc5)cc4)N(c4ccccc4)O[C@H]3C2=O)cc1. The number of ether oxygens (including phenoxy) is 1. The van der Waals surface area contributed by atoms with Gasteiger partial charge in [0.25, 0.3) is 5.91 Å². The molecule has 0 bridgehead atoms. The number of hydroxylamine groups is 1. The molecular weight excluding hydrogens is 464 g/mol. The van der Waals surface area contributed by atoms with Crippen LogP contribution in [0.3, 0.4) is 0 Å². The van der Waals surface area contributed by atoms with Gasteiger partial charge < -0.3 is 4.74 Å². The van der Waals surface area contributed by atoms with Crippen LogP contribution in [0, 0.1) is 12.8 Å². The molecule has 0 N–H and O–H groups in total. The highest BCUT2D eigenvalue weighted by molar-refractivity contribution is 6.23. The molecule has 37 heavy (non-hydrogen) atoms. The van der Waals surface area contributed by atoms with Crippen LogP contribution in [0.1, 0.15) is 22.7 Å². The first-order chi connectivity index (χ1) is 18.1. The number of amides is 2. The number of hydrogen-bond donors (Lipinski definition) is 0. The van der Waals surface area contributed by atoms with Gasteiger partial charge in [-0.15, -0.1) is 0 Å². The first-order valence-electron chi connectivity index (χ1n) is 12.3. The Morgan fingerprint density at radius 3 is 2.05 bits per heavy atom. The van der Waals surface area contributed by atoms with Crippen molar-refractivity contribution in [3.8, 4) is 5.75 Å². The maximum absolute atomic E-state index is 13.7. The summed E-state index contributed by atoms with van der Waals surface area (Å²) in [4.78, 5) is 34.7. The molecular formula is C31H26N2O4. The summed E-state index contributed by atoms with van der Waals surface area (Å²) in [7, 11) is 0. The predicted molar refractivity (Wildman–Crippen MR) is 141 cm³/mol. The Morgan fingerprint density at radius 1 is 0.730 bits per heavy atom. The fourth-order valence-electron chi connectivity index (χ4n) is 5.00. The van der Waals surface area contributed by atoms with E-state index in [-0.39, 0.29) is 11.8 Å². The molecule has 0 spiro atoms. The number of rotatable bonds is 6. The first-order valence-corrected chi connectivity index (χ1v) is 12.3. The molecule has 0 radical (unpaired) electrons. The van der Waals surface area contributed by atoms with Crippen LogP contribution in [-0.4, -0.2) is 17.9 Å². The van der Waals surface area contributed by atoms with Crippen LogP contribution in [0.5, 0.6) is 5.75 Å². The van der Waals surface area contributed by atoms with Crippen LogP contribution < -0.4 is 14.7 Å². The molecule has 0 unspecified atom stereocenters. The van der Waals surface area contributed by atoms with Crippen molar-refractivity contribution in [1.82, 2.24) is 0 Å². The monoisotopic (exact) mass is 490 g/mol. The molecule has 0 saturated carbocycles. The molecule has 4 aromatic rings. The van der Waals surface area contributed by atoms with E-state index in [2.05, 4.69) is 0 Å². The molecule has 2 amide bonds. The number of nitrogens with zero attached hydrogens (tertiary/aromatic N) is 2. The lowest BCUT2D eigenvalue weighted by atomic mass is 9.90. The Labute approximate surface area is 215 Å². The fourth-order valence-corrected chi connectivity index (χ4v) is 5.00. The number of hydrogen-bond acceptors (Lipinski definition) is 5. The van der Waals surface area contributed by atoms with Gasteiger partial charge in [-0.2, -0.15) is 0 Å². The Kier molecular flexibility index (Phi) is 5.94. The zero-order valence-corrected chi connectivity index (χ0v) is 20.4. The van der Waals surface area contributed by atoms with Gasteiger partial charge in [0.15, 0.2) is 6.10 Å². The molecule has 2 fully saturated rings. The third kappa shape index (κ3) is 4.26. The molecule has 3 atom stereocenters. The summed E-state index contributed by atoms with van der Waals surface area (Å²) in [5, 5.41) is 1.71. The van der Waals surface area contributed by atoms with Crippen molar-refractivity contribution >= 4 is 23.2 Å². The summed E-state index contributed by atoms with van der Waals surface area (Å²) < 4.78 is 5.96. The molecule has 184 valence electrons. The van der Waals surface area contributed by atoms with Crippen molar-refractivity contribution < 1.29 is 19.2 Å². The standard InChI is InChI=1S/C31H26N2O4/c1-21-12-16-24(17-13-21)32-30(34)27-28(33(37-29(27)31(32)35)25-10-6-3-7-11-25)23-14-18-26(19-15-23)36-20-22-8-4-2-5-9-22/h2-19,27-29H,20H2,1H3/t27-,28+,29+/m0/s1. The molecule has 2 aliphatic rings. The molecule has 4 aromatic carbocycles. The van der Waals surface area contributed by atoms with Crippen LogP contribution in [-0.2, 0) is 21.0 Å². The molecule has 6 nitrogen and oxygen atoms in total. The fraction of sp³-hybridized carbons (Fsp3) is 0.161. The van der Waals surface area contributed by atoms with Gasteiger partial charge in [-0.25, -0.2) is 9.96 Å². The Hall–Kier alpha value is -4.42. The van der Waals surface area contributed by atoms with E-state index in [4.69, 9.17) is 9.57 Å². The number of para-hydroxylation sites is 1. The zero-order valence-electron chi connectivity index (χ0n) is 20.4. The van der Waals surface area contributed by atoms with Crippen LogP contribution in [0.15, 0.2) is 109 Å². The summed E-state index contributed by atoms with van der Waals surface area (Å²) in [6.07, 6.45) is -0.895. The van der Waals surface area contributed by atoms with Gasteiger partial charge >= 0.3 is 0 Å². The van der Waals surface area contributed by atoms with Crippen molar-refractivity contribution in [2.75, 3.05) is 9.96 Å². The molecule has 0 aromatic heterocycles. The Morgan fingerprint density at radius 2 is 1.38 bits per heavy atom. The molecule has 0 aliphatic carbocycles. The second-order valence-electron chi connectivity index (χ2n) is 9.35. The maximum atomic E-state index is 13.7. The minimum atomic E-state index is -0.895. The van der Waals surface area contributed by atoms with E-state index in [0.29, 0.717) is 12.3 Å². The van der Waals surface area contributed by atoms with E-state index in [1.165, 1.54) is 4.90 Å². The van der Waals surface area contributed by atoms with Gasteiger partial charge in [-0.05, 0) is 54.4 Å². The second kappa shape index (κ2) is 9.56. The van der Waals surface area contributed by atoms with Crippen LogP contribution in [0.2, 0.25) is 0 Å². The van der Waals surface area contributed by atoms with Crippen molar-refractivity contribution in [2.24, 2.45) is 5.92 Å². The molecule has 2 saturated heterocycles. The number of carbonyl (C=O) groups is 2. The van der Waals surface area contributed by atoms with E-state index in [0.717, 1.165) is 28.1 Å². The van der Waals surface area contributed by atoms with Crippen molar-refractivity contribution in [2.45, 2.75) is 25.7 Å². The summed E-state index contributed by atoms with van der Waals surface area (Å²) in [5.41, 5.74) is 4.36. The van der Waals surface area contributed by atoms with Crippen molar-refractivity contribution in [3.05, 3.63) is 126 Å². The minimum Gasteiger partial charge on any atom is -0.489 e. The van der Waals surface area contributed by atoms with Crippen molar-refractivity contribution in [3.63, 3.8) is 0 Å². The average Bonchev–Trinajstić information content (AvgIpc) is 3.45. The summed E-state index contributed by atoms with van der Waals surface area (Å²) in [6, 6.07) is 34.1. The number of carbonyl (C=O) groups excluding carboxylic acids is 2. The molecule has 6 heteroatoms. The topological polar surface area (TPSA) is 59.1 Å². The van der Waals surface area contributed by atoms with Gasteiger partial charge in [0.05, 0.1) is 17.4 Å². The highest BCUT2D eigenvalue weighted by Crippen LogP contribution is 2.47. The highest BCUT2D eigenvalue weighted by Gasteiger charge is 2.60. The number of anilines is 2. The third-order valence-electron chi connectivity index (χ3n) is 6.89. The van der Waals surface area contributed by atoms with Gasteiger partial charge in [-0.3, -0.25) is 14.4 Å². The zero-order chi connectivity index (χ0) is 25.4. The maximum Gasteiger partial charge on any atom is 0.266 e. The van der Waals surface area contributed by atoms with E-state index >= 15 is 0 Å². The lowest BCUT2D eigenvalue weighted by Crippen LogP contribution is -2.37. The predicted octanol–water partition coefficient (Wildman–Crippen LogP) is 5.63.